The van der Waals surface area contributed by atoms with Crippen LogP contribution in [-0.2, 0) is 14.0 Å². The minimum absolute atomic E-state index is 1.09. The molecule has 0 aromatic heterocycles. The molecule has 1 heterocycles. The van der Waals surface area contributed by atoms with Gasteiger partial charge in [0, 0.05) is 0 Å². The van der Waals surface area contributed by atoms with Crippen LogP contribution < -0.4 is 11.2 Å². The van der Waals surface area contributed by atoms with E-state index in [2.05, 4.69) is 19.7 Å². The second-order valence-electron chi connectivity index (χ2n) is 1.51. The molecular weight excluding hydrogens is 167 g/mol. The number of rotatable bonds is 2. The van der Waals surface area contributed by atoms with E-state index >= 15 is 0 Å². The Kier molecular flexibility index (Phi) is 1.34. The molecule has 1 aliphatic heterocycles. The number of carbonyl (C=O) groups excluding carboxylic acids is 1. The molecule has 0 aliphatic carbocycles. The third kappa shape index (κ3) is 1.74. The molecule has 0 aromatic carbocycles. The molecule has 2 amide bonds. The summed E-state index contributed by atoms with van der Waals surface area (Å²) >= 11 is 0. The van der Waals surface area contributed by atoms with Crippen LogP contribution in [0.15, 0.2) is 0 Å². The van der Waals surface area contributed by atoms with E-state index in [0.717, 1.165) is 0 Å². The van der Waals surface area contributed by atoms with Gasteiger partial charge in [-0.3, -0.25) is 0 Å². The Morgan fingerprint density at radius 3 is 2.40 bits per heavy atom. The van der Waals surface area contributed by atoms with E-state index in [1.807, 2.05) is 0 Å². The van der Waals surface area contributed by atoms with Crippen molar-refractivity contribution in [2.75, 3.05) is 0 Å². The predicted molar refractivity (Wildman–Crippen MR) is 27.3 cm³/mol. The van der Waals surface area contributed by atoms with E-state index in [4.69, 9.17) is 9.79 Å². The first-order valence-corrected chi connectivity index (χ1v) is 3.96. The molecule has 10 heavy (non-hydrogen) atoms. The second-order valence-corrected chi connectivity index (χ2v) is 3.60. The number of urea groups is 1. The molecule has 0 spiro atoms. The van der Waals surface area contributed by atoms with Crippen LogP contribution in [-0.4, -0.2) is 15.8 Å². The van der Waals surface area contributed by atoms with E-state index in [1.165, 1.54) is 5.48 Å². The minimum atomic E-state index is -4.83. The van der Waals surface area contributed by atoms with Crippen molar-refractivity contribution in [1.29, 1.82) is 0 Å². The summed E-state index contributed by atoms with van der Waals surface area (Å²) in [5.41, 5.74) is 5.93. The quantitative estimate of drug-likeness (QED) is 0.176. The summed E-state index contributed by atoms with van der Waals surface area (Å²) in [5, 5.41) is 0. The zero-order valence-corrected chi connectivity index (χ0v) is 5.45. The van der Waals surface area contributed by atoms with Gasteiger partial charge < -0.3 is 0 Å². The molecule has 9 heteroatoms. The Labute approximate surface area is 54.7 Å². The van der Waals surface area contributed by atoms with Gasteiger partial charge in [-0.15, -0.1) is 0 Å². The van der Waals surface area contributed by atoms with Gasteiger partial charge in [-0.05, 0) is 0 Å². The summed E-state index contributed by atoms with van der Waals surface area (Å²) in [6.07, 6.45) is 0. The van der Waals surface area contributed by atoms with Gasteiger partial charge in [-0.2, -0.15) is 0 Å². The molecule has 8 nitrogen and oxygen atoms in total. The van der Waals surface area contributed by atoms with Crippen molar-refractivity contribution in [2.24, 2.45) is 5.73 Å². The summed E-state index contributed by atoms with van der Waals surface area (Å²) in [6, 6.07) is -1.09. The molecule has 60 valence electrons. The van der Waals surface area contributed by atoms with Crippen LogP contribution >= 0.6 is 7.74 Å². The van der Waals surface area contributed by atoms with Crippen molar-refractivity contribution in [1.82, 2.24) is 5.48 Å². The summed E-state index contributed by atoms with van der Waals surface area (Å²) in [6.45, 7) is 0. The second kappa shape index (κ2) is 1.76. The average Bonchev–Trinajstić information content (AvgIpc) is 2.41. The third-order valence-corrected chi connectivity index (χ3v) is 1.51. The fourth-order valence-corrected chi connectivity index (χ4v) is 0.851. The van der Waals surface area contributed by atoms with Crippen LogP contribution in [0.5, 0.6) is 0 Å². The Morgan fingerprint density at radius 1 is 1.60 bits per heavy atom. The first-order chi connectivity index (χ1) is 4.41. The van der Waals surface area contributed by atoms with E-state index in [-0.39, 0.29) is 0 Å². The van der Waals surface area contributed by atoms with Crippen LogP contribution in [0.3, 0.4) is 0 Å². The molecule has 1 fully saturated rings. The fourth-order valence-electron chi connectivity index (χ4n) is 0.197. The average molecular weight is 172 g/mol. The van der Waals surface area contributed by atoms with Crippen LogP contribution in [0, 0.1) is 0 Å². The maximum atomic E-state index is 9.89. The molecule has 5 N–H and O–H groups in total. The van der Waals surface area contributed by atoms with Crippen molar-refractivity contribution >= 4 is 13.8 Å². The van der Waals surface area contributed by atoms with E-state index in [0.29, 0.717) is 0 Å². The van der Waals surface area contributed by atoms with Gasteiger partial charge in [0.2, 0.25) is 0 Å². The number of nitrogens with two attached hydrogens (primary N) is 1. The number of primary amides is 1. The molecular formula is CH5N2O6P. The van der Waals surface area contributed by atoms with Gasteiger partial charge in [0.1, 0.15) is 0 Å². The summed E-state index contributed by atoms with van der Waals surface area (Å²) in [7, 11) is -4.83. The number of amides is 2. The normalized spacial score (nSPS) is 29.6. The Balaban J connectivity index is 2.33. The fraction of sp³-hybridized carbons (Fsp3) is 0. The molecule has 1 saturated heterocycles. The number of hydroxylamine groups is 1. The number of hydrogen-bond donors (Lipinski definition) is 4. The number of carbonyl (C=O) groups is 1. The van der Waals surface area contributed by atoms with Gasteiger partial charge in [-0.25, -0.2) is 0 Å². The van der Waals surface area contributed by atoms with Gasteiger partial charge in [0.15, 0.2) is 0 Å². The topological polar surface area (TPSA) is 130 Å². The molecule has 0 atom stereocenters. The monoisotopic (exact) mass is 172 g/mol. The molecule has 0 unspecified atom stereocenters. The summed E-state index contributed by atoms with van der Waals surface area (Å²) < 4.78 is 11.2. The van der Waals surface area contributed by atoms with E-state index < -0.39 is 13.8 Å². The summed E-state index contributed by atoms with van der Waals surface area (Å²) in [5.74, 6) is 0. The molecule has 0 radical (unpaired) electrons. The van der Waals surface area contributed by atoms with Gasteiger partial charge >= 0.3 is 53.5 Å². The van der Waals surface area contributed by atoms with E-state index in [1.54, 1.807) is 0 Å². The van der Waals surface area contributed by atoms with Crippen LogP contribution in [0.25, 0.3) is 0 Å². The van der Waals surface area contributed by atoms with Crippen molar-refractivity contribution < 1.29 is 28.6 Å². The Bertz CT molecular complexity index is 171. The van der Waals surface area contributed by atoms with E-state index in [9.17, 15) is 4.79 Å². The molecule has 0 bridgehead atoms. The van der Waals surface area contributed by atoms with Gasteiger partial charge in [0.25, 0.3) is 0 Å². The molecule has 1 rings (SSSR count). The Morgan fingerprint density at radius 2 is 2.10 bits per heavy atom. The van der Waals surface area contributed by atoms with Crippen LogP contribution in [0.1, 0.15) is 0 Å². The number of nitrogens with one attached hydrogen (secondary N) is 1. The number of hydrogen-bond acceptors (Lipinski definition) is 6. The maximum absolute atomic E-state index is 9.89. The van der Waals surface area contributed by atoms with Crippen molar-refractivity contribution in [3.63, 3.8) is 0 Å². The summed E-state index contributed by atoms with van der Waals surface area (Å²) in [4.78, 5) is 27.1. The molecule has 1 aliphatic rings. The Hall–Kier alpha value is -0.500. The van der Waals surface area contributed by atoms with Crippen molar-refractivity contribution in [3.8, 4) is 0 Å². The SMILES string of the molecule is NC(=O)NOP1(O)(O)OO1. The third-order valence-electron chi connectivity index (χ3n) is 0.571. The first kappa shape index (κ1) is 7.61. The zero-order chi connectivity index (χ0) is 7.85. The standard InChI is InChI=1S/CH5N2O6P/c2-1(4)3-7-10(5,6)8-9-10/h5-6H,(H3,2,3,4). The molecule has 0 saturated carbocycles. The first-order valence-electron chi connectivity index (χ1n) is 2.06. The molecule has 0 aromatic rings. The van der Waals surface area contributed by atoms with Crippen LogP contribution in [0.2, 0.25) is 0 Å². The van der Waals surface area contributed by atoms with Gasteiger partial charge in [-0.1, -0.05) is 0 Å². The predicted octanol–water partition coefficient (Wildman–Crippen LogP) is -1.34. The van der Waals surface area contributed by atoms with Crippen molar-refractivity contribution in [2.45, 2.75) is 0 Å². The van der Waals surface area contributed by atoms with Crippen LogP contribution in [0.4, 0.5) is 4.79 Å². The zero-order valence-electron chi connectivity index (χ0n) is 4.55. The van der Waals surface area contributed by atoms with Gasteiger partial charge in [0.05, 0.1) is 0 Å². The van der Waals surface area contributed by atoms with Crippen molar-refractivity contribution in [3.05, 3.63) is 0 Å².